The highest BCUT2D eigenvalue weighted by Crippen LogP contribution is 2.29. The number of anilines is 1. The van der Waals surface area contributed by atoms with E-state index in [1.165, 1.54) is 30.3 Å². The number of amides is 1. The Kier molecular flexibility index (Phi) is 8.38. The SMILES string of the molecule is C/C(=N/NC(=O)CN(c1cc(Cl)cc(Cl)c1)S(=O)(=O)c1ccc(C)cc1)c1cccc(I)c1. The summed E-state index contributed by atoms with van der Waals surface area (Å²) in [5.74, 6) is -0.619. The van der Waals surface area contributed by atoms with E-state index in [1.54, 1.807) is 19.1 Å². The summed E-state index contributed by atoms with van der Waals surface area (Å²) in [7, 11) is -4.09. The fourth-order valence-corrected chi connectivity index (χ4v) is 5.39. The minimum absolute atomic E-state index is 0.0375. The van der Waals surface area contributed by atoms with Crippen LogP contribution in [-0.2, 0) is 14.8 Å². The van der Waals surface area contributed by atoms with Crippen molar-refractivity contribution in [3.8, 4) is 0 Å². The van der Waals surface area contributed by atoms with Gasteiger partial charge in [-0.2, -0.15) is 5.10 Å². The average molecular weight is 616 g/mol. The van der Waals surface area contributed by atoms with Crippen LogP contribution in [0.3, 0.4) is 0 Å². The zero-order chi connectivity index (χ0) is 24.2. The largest absolute Gasteiger partial charge is 0.271 e. The highest BCUT2D eigenvalue weighted by molar-refractivity contribution is 14.1. The monoisotopic (exact) mass is 615 g/mol. The van der Waals surface area contributed by atoms with E-state index in [0.717, 1.165) is 19.0 Å². The highest BCUT2D eigenvalue weighted by Gasteiger charge is 2.27. The summed E-state index contributed by atoms with van der Waals surface area (Å²) in [4.78, 5) is 12.8. The predicted molar refractivity (Wildman–Crippen MR) is 142 cm³/mol. The molecule has 0 heterocycles. The van der Waals surface area contributed by atoms with E-state index < -0.39 is 22.5 Å². The second-order valence-corrected chi connectivity index (χ2v) is 11.2. The smallest absolute Gasteiger partial charge is 0.264 e. The lowest BCUT2D eigenvalue weighted by atomic mass is 10.1. The standard InChI is InChI=1S/C23H20Cl2IN3O3S/c1-15-6-8-22(9-7-15)33(31,32)29(21-12-18(24)11-19(25)13-21)14-23(30)28-27-16(2)17-4-3-5-20(26)10-17/h3-13H,14H2,1-2H3,(H,28,30)/b27-16-. The lowest BCUT2D eigenvalue weighted by molar-refractivity contribution is -0.119. The molecule has 1 N–H and O–H groups in total. The Bertz CT molecular complexity index is 1290. The number of nitrogens with one attached hydrogen (secondary N) is 1. The summed E-state index contributed by atoms with van der Waals surface area (Å²) in [5, 5.41) is 4.61. The predicted octanol–water partition coefficient (Wildman–Crippen LogP) is 5.64. The Morgan fingerprint density at radius 2 is 1.67 bits per heavy atom. The zero-order valence-corrected chi connectivity index (χ0v) is 22.2. The van der Waals surface area contributed by atoms with Crippen molar-refractivity contribution in [1.29, 1.82) is 0 Å². The first kappa shape index (κ1) is 25.5. The van der Waals surface area contributed by atoms with Crippen LogP contribution in [0.5, 0.6) is 0 Å². The van der Waals surface area contributed by atoms with Crippen molar-refractivity contribution in [2.45, 2.75) is 18.7 Å². The molecule has 3 aromatic carbocycles. The molecular formula is C23H20Cl2IN3O3S. The van der Waals surface area contributed by atoms with Gasteiger partial charge in [0.2, 0.25) is 0 Å². The topological polar surface area (TPSA) is 78.8 Å². The van der Waals surface area contributed by atoms with E-state index >= 15 is 0 Å². The molecule has 0 radical (unpaired) electrons. The molecule has 0 saturated carbocycles. The number of hydrogen-bond acceptors (Lipinski definition) is 4. The van der Waals surface area contributed by atoms with Gasteiger partial charge in [-0.3, -0.25) is 9.10 Å². The second kappa shape index (κ2) is 10.9. The van der Waals surface area contributed by atoms with Crippen LogP contribution in [0.1, 0.15) is 18.1 Å². The second-order valence-electron chi connectivity index (χ2n) is 7.19. The number of halogens is 3. The molecule has 0 aliphatic carbocycles. The van der Waals surface area contributed by atoms with Crippen molar-refractivity contribution in [3.05, 3.63) is 91.5 Å². The number of nitrogens with zero attached hydrogens (tertiary/aromatic N) is 2. The molecule has 3 aromatic rings. The van der Waals surface area contributed by atoms with E-state index in [9.17, 15) is 13.2 Å². The van der Waals surface area contributed by atoms with Gasteiger partial charge < -0.3 is 0 Å². The average Bonchev–Trinajstić information content (AvgIpc) is 2.75. The Hall–Kier alpha value is -2.14. The molecule has 3 rings (SSSR count). The molecule has 0 aliphatic heterocycles. The normalized spacial score (nSPS) is 11.8. The molecule has 172 valence electrons. The highest BCUT2D eigenvalue weighted by atomic mass is 127. The first-order valence-corrected chi connectivity index (χ1v) is 13.0. The summed E-state index contributed by atoms with van der Waals surface area (Å²) in [6.07, 6.45) is 0. The van der Waals surface area contributed by atoms with Gasteiger partial charge >= 0.3 is 0 Å². The summed E-state index contributed by atoms with van der Waals surface area (Å²) in [6, 6.07) is 18.3. The first-order valence-electron chi connectivity index (χ1n) is 9.71. The van der Waals surface area contributed by atoms with Gasteiger partial charge in [0.25, 0.3) is 15.9 Å². The van der Waals surface area contributed by atoms with Crippen molar-refractivity contribution in [2.24, 2.45) is 5.10 Å². The molecule has 10 heteroatoms. The summed E-state index contributed by atoms with van der Waals surface area (Å²) < 4.78 is 28.8. The lowest BCUT2D eigenvalue weighted by Crippen LogP contribution is -2.39. The van der Waals surface area contributed by atoms with E-state index in [1.807, 2.05) is 31.2 Å². The van der Waals surface area contributed by atoms with Crippen molar-refractivity contribution in [1.82, 2.24) is 5.43 Å². The molecule has 1 amide bonds. The van der Waals surface area contributed by atoms with Gasteiger partial charge in [0, 0.05) is 13.6 Å². The Balaban J connectivity index is 1.92. The Morgan fingerprint density at radius 1 is 1.03 bits per heavy atom. The Morgan fingerprint density at radius 3 is 2.27 bits per heavy atom. The first-order chi connectivity index (χ1) is 15.6. The molecule has 0 aliphatic rings. The van der Waals surface area contributed by atoms with Gasteiger partial charge in [0.15, 0.2) is 0 Å². The minimum atomic E-state index is -4.09. The molecule has 0 fully saturated rings. The van der Waals surface area contributed by atoms with Crippen molar-refractivity contribution in [2.75, 3.05) is 10.8 Å². The number of sulfonamides is 1. The van der Waals surface area contributed by atoms with Gasteiger partial charge in [0.1, 0.15) is 6.54 Å². The van der Waals surface area contributed by atoms with Gasteiger partial charge in [-0.25, -0.2) is 13.8 Å². The van der Waals surface area contributed by atoms with E-state index in [4.69, 9.17) is 23.2 Å². The van der Waals surface area contributed by atoms with E-state index in [-0.39, 0.29) is 20.6 Å². The van der Waals surface area contributed by atoms with E-state index in [2.05, 4.69) is 33.1 Å². The summed E-state index contributed by atoms with van der Waals surface area (Å²) >= 11 is 14.4. The van der Waals surface area contributed by atoms with Crippen molar-refractivity contribution < 1.29 is 13.2 Å². The number of carbonyl (C=O) groups excluding carboxylic acids is 1. The number of carbonyl (C=O) groups is 1. The third-order valence-electron chi connectivity index (χ3n) is 4.62. The van der Waals surface area contributed by atoms with Gasteiger partial charge in [-0.05, 0) is 84.5 Å². The van der Waals surface area contributed by atoms with Crippen LogP contribution in [0, 0.1) is 10.5 Å². The van der Waals surface area contributed by atoms with E-state index in [0.29, 0.717) is 5.71 Å². The number of rotatable bonds is 7. The molecule has 0 aromatic heterocycles. The number of benzene rings is 3. The Labute approximate surface area is 216 Å². The maximum atomic E-state index is 13.4. The van der Waals surface area contributed by atoms with Gasteiger partial charge in [-0.15, -0.1) is 0 Å². The van der Waals surface area contributed by atoms with Crippen LogP contribution in [0.25, 0.3) is 0 Å². The van der Waals surface area contributed by atoms with Crippen LogP contribution < -0.4 is 9.73 Å². The van der Waals surface area contributed by atoms with Crippen LogP contribution >= 0.6 is 45.8 Å². The molecule has 0 atom stereocenters. The minimum Gasteiger partial charge on any atom is -0.271 e. The van der Waals surface area contributed by atoms with Crippen molar-refractivity contribution >= 4 is 73.1 Å². The fourth-order valence-electron chi connectivity index (χ4n) is 2.93. The fraction of sp³-hybridized carbons (Fsp3) is 0.130. The zero-order valence-electron chi connectivity index (χ0n) is 17.7. The third kappa shape index (κ3) is 6.69. The molecule has 0 bridgehead atoms. The molecule has 0 saturated heterocycles. The lowest BCUT2D eigenvalue weighted by Gasteiger charge is -2.24. The molecule has 0 spiro atoms. The van der Waals surface area contributed by atoms with Crippen LogP contribution in [0.4, 0.5) is 5.69 Å². The van der Waals surface area contributed by atoms with Gasteiger partial charge in [0.05, 0.1) is 16.3 Å². The van der Waals surface area contributed by atoms with Gasteiger partial charge in [-0.1, -0.05) is 53.0 Å². The summed E-state index contributed by atoms with van der Waals surface area (Å²) in [5.41, 5.74) is 4.94. The molecule has 33 heavy (non-hydrogen) atoms. The molecular weight excluding hydrogens is 596 g/mol. The number of aryl methyl sites for hydroxylation is 1. The maximum Gasteiger partial charge on any atom is 0.264 e. The number of hydrazone groups is 1. The maximum absolute atomic E-state index is 13.4. The molecule has 0 unspecified atom stereocenters. The molecule has 6 nitrogen and oxygen atoms in total. The van der Waals surface area contributed by atoms with Crippen LogP contribution in [0.15, 0.2) is 76.7 Å². The van der Waals surface area contributed by atoms with Crippen molar-refractivity contribution in [3.63, 3.8) is 0 Å². The van der Waals surface area contributed by atoms with Crippen LogP contribution in [-0.4, -0.2) is 26.6 Å². The van der Waals surface area contributed by atoms with Crippen LogP contribution in [0.2, 0.25) is 10.0 Å². The third-order valence-corrected chi connectivity index (χ3v) is 7.52. The number of hydrogen-bond donors (Lipinski definition) is 1. The summed E-state index contributed by atoms with van der Waals surface area (Å²) in [6.45, 7) is 3.09. The quantitative estimate of drug-likeness (QED) is 0.212.